The van der Waals surface area contributed by atoms with Gasteiger partial charge in [0.15, 0.2) is 0 Å². The maximum atomic E-state index is 5.94. The molecule has 0 saturated heterocycles. The van der Waals surface area contributed by atoms with E-state index in [1.165, 1.54) is 6.42 Å². The molecule has 0 saturated carbocycles. The first-order valence-electron chi connectivity index (χ1n) is 6.58. The van der Waals surface area contributed by atoms with Crippen molar-refractivity contribution in [3.63, 3.8) is 0 Å². The van der Waals surface area contributed by atoms with Gasteiger partial charge in [0.2, 0.25) is 0 Å². The zero-order valence-corrected chi connectivity index (χ0v) is 12.0. The Morgan fingerprint density at radius 2 is 1.69 bits per heavy atom. The van der Waals surface area contributed by atoms with Crippen LogP contribution in [-0.4, -0.2) is 55.6 Å². The molecule has 2 N–H and O–H groups in total. The topological polar surface area (TPSA) is 32.5 Å². The molecule has 3 heteroatoms. The number of nitrogens with two attached hydrogens (primary N) is 1. The van der Waals surface area contributed by atoms with Gasteiger partial charge < -0.3 is 10.6 Å². The highest BCUT2D eigenvalue weighted by atomic mass is 15.2. The lowest BCUT2D eigenvalue weighted by Crippen LogP contribution is -2.51. The third kappa shape index (κ3) is 4.81. The van der Waals surface area contributed by atoms with Crippen LogP contribution in [0.1, 0.15) is 34.1 Å². The first kappa shape index (κ1) is 15.9. The van der Waals surface area contributed by atoms with E-state index >= 15 is 0 Å². The minimum absolute atomic E-state index is 0.518. The maximum absolute atomic E-state index is 5.94. The highest BCUT2D eigenvalue weighted by Crippen LogP contribution is 2.16. The second-order valence-corrected chi connectivity index (χ2v) is 5.13. The molecule has 3 atom stereocenters. The van der Waals surface area contributed by atoms with Gasteiger partial charge in [0.25, 0.3) is 0 Å². The second-order valence-electron chi connectivity index (χ2n) is 5.13. The molecule has 3 nitrogen and oxygen atoms in total. The van der Waals surface area contributed by atoms with Gasteiger partial charge in [0, 0.05) is 25.2 Å². The molecule has 0 aromatic carbocycles. The Balaban J connectivity index is 4.53. The molecule has 0 spiro atoms. The molecule has 0 amide bonds. The molecule has 0 radical (unpaired) electrons. The molecule has 0 rings (SSSR count). The van der Waals surface area contributed by atoms with E-state index < -0.39 is 0 Å². The molecule has 98 valence electrons. The monoisotopic (exact) mass is 229 g/mol. The van der Waals surface area contributed by atoms with Crippen molar-refractivity contribution >= 4 is 0 Å². The highest BCUT2D eigenvalue weighted by Gasteiger charge is 2.25. The zero-order chi connectivity index (χ0) is 12.7. The normalized spacial score (nSPS) is 17.8. The minimum atomic E-state index is 0.518. The Labute approximate surface area is 102 Å². The zero-order valence-electron chi connectivity index (χ0n) is 12.0. The van der Waals surface area contributed by atoms with Crippen LogP contribution in [0.2, 0.25) is 0 Å². The number of likely N-dealkylation sites (N-methyl/N-ethyl adjacent to an activating group) is 2. The van der Waals surface area contributed by atoms with E-state index in [2.05, 4.69) is 51.6 Å². The summed E-state index contributed by atoms with van der Waals surface area (Å²) in [6.07, 6.45) is 1.20. The minimum Gasteiger partial charge on any atom is -0.329 e. The van der Waals surface area contributed by atoms with Crippen LogP contribution in [0.25, 0.3) is 0 Å². The number of rotatable bonds is 8. The molecular weight excluding hydrogens is 198 g/mol. The molecule has 0 aliphatic heterocycles. The molecule has 0 aromatic rings. The van der Waals surface area contributed by atoms with Crippen molar-refractivity contribution in [2.75, 3.05) is 33.7 Å². The van der Waals surface area contributed by atoms with Crippen LogP contribution in [0, 0.1) is 5.92 Å². The fourth-order valence-corrected chi connectivity index (χ4v) is 2.47. The standard InChI is InChI=1S/C13H31N3/c1-7-11(3)13(9-14)16(8-2)12(4)10-15(5)6/h11-13H,7-10,14H2,1-6H3. The summed E-state index contributed by atoms with van der Waals surface area (Å²) in [5.41, 5.74) is 5.94. The summed E-state index contributed by atoms with van der Waals surface area (Å²) in [6.45, 7) is 12.0. The Bertz CT molecular complexity index is 171. The first-order chi connectivity index (χ1) is 7.47. The fraction of sp³-hybridized carbons (Fsp3) is 1.00. The van der Waals surface area contributed by atoms with E-state index in [4.69, 9.17) is 5.73 Å². The molecule has 0 aliphatic rings. The Kier molecular flexibility index (Phi) is 7.98. The van der Waals surface area contributed by atoms with E-state index in [1.807, 2.05) is 0 Å². The molecule has 0 aliphatic carbocycles. The third-order valence-corrected chi connectivity index (χ3v) is 3.53. The van der Waals surface area contributed by atoms with Crippen LogP contribution in [0.3, 0.4) is 0 Å². The van der Waals surface area contributed by atoms with E-state index in [9.17, 15) is 0 Å². The molecule has 0 heterocycles. The molecule has 16 heavy (non-hydrogen) atoms. The summed E-state index contributed by atoms with van der Waals surface area (Å²) in [7, 11) is 4.26. The Hall–Kier alpha value is -0.120. The second kappa shape index (κ2) is 8.04. The van der Waals surface area contributed by atoms with Gasteiger partial charge in [-0.1, -0.05) is 27.2 Å². The van der Waals surface area contributed by atoms with Crippen molar-refractivity contribution in [1.82, 2.24) is 9.80 Å². The largest absolute Gasteiger partial charge is 0.329 e. The maximum Gasteiger partial charge on any atom is 0.0247 e. The van der Waals surface area contributed by atoms with Gasteiger partial charge in [-0.15, -0.1) is 0 Å². The molecular formula is C13H31N3. The van der Waals surface area contributed by atoms with Gasteiger partial charge in [-0.25, -0.2) is 0 Å². The number of hydrogen-bond donors (Lipinski definition) is 1. The van der Waals surface area contributed by atoms with Crippen LogP contribution < -0.4 is 5.73 Å². The van der Waals surface area contributed by atoms with Gasteiger partial charge in [-0.05, 0) is 33.5 Å². The van der Waals surface area contributed by atoms with Gasteiger partial charge in [0.05, 0.1) is 0 Å². The lowest BCUT2D eigenvalue weighted by Gasteiger charge is -2.39. The summed E-state index contributed by atoms with van der Waals surface area (Å²) < 4.78 is 0. The van der Waals surface area contributed by atoms with Crippen molar-refractivity contribution in [2.45, 2.75) is 46.2 Å². The lowest BCUT2D eigenvalue weighted by molar-refractivity contribution is 0.0968. The molecule has 0 bridgehead atoms. The number of nitrogens with zero attached hydrogens (tertiary/aromatic N) is 2. The molecule has 3 unspecified atom stereocenters. The van der Waals surface area contributed by atoms with E-state index in [0.717, 1.165) is 19.6 Å². The fourth-order valence-electron chi connectivity index (χ4n) is 2.47. The SMILES string of the molecule is CCC(C)C(CN)N(CC)C(C)CN(C)C. The summed E-state index contributed by atoms with van der Waals surface area (Å²) in [6, 6.07) is 1.09. The highest BCUT2D eigenvalue weighted by molar-refractivity contribution is 4.81. The number of hydrogen-bond acceptors (Lipinski definition) is 3. The smallest absolute Gasteiger partial charge is 0.0247 e. The van der Waals surface area contributed by atoms with Crippen LogP contribution in [-0.2, 0) is 0 Å². The van der Waals surface area contributed by atoms with E-state index in [-0.39, 0.29) is 0 Å². The summed E-state index contributed by atoms with van der Waals surface area (Å²) in [5.74, 6) is 0.676. The van der Waals surface area contributed by atoms with Crippen molar-refractivity contribution in [3.8, 4) is 0 Å². The van der Waals surface area contributed by atoms with E-state index in [1.54, 1.807) is 0 Å². The van der Waals surface area contributed by atoms with Crippen molar-refractivity contribution in [3.05, 3.63) is 0 Å². The van der Waals surface area contributed by atoms with Gasteiger partial charge in [-0.2, -0.15) is 0 Å². The van der Waals surface area contributed by atoms with Crippen LogP contribution >= 0.6 is 0 Å². The van der Waals surface area contributed by atoms with Crippen LogP contribution in [0.15, 0.2) is 0 Å². The summed E-state index contributed by atoms with van der Waals surface area (Å²) in [4.78, 5) is 4.80. The van der Waals surface area contributed by atoms with Gasteiger partial charge in [0.1, 0.15) is 0 Å². The first-order valence-corrected chi connectivity index (χ1v) is 6.58. The van der Waals surface area contributed by atoms with Crippen molar-refractivity contribution < 1.29 is 0 Å². The Morgan fingerprint density at radius 1 is 1.12 bits per heavy atom. The molecule has 0 fully saturated rings. The van der Waals surface area contributed by atoms with Crippen LogP contribution in [0.5, 0.6) is 0 Å². The average molecular weight is 229 g/mol. The van der Waals surface area contributed by atoms with Crippen molar-refractivity contribution in [1.29, 1.82) is 0 Å². The van der Waals surface area contributed by atoms with Crippen molar-refractivity contribution in [2.24, 2.45) is 11.7 Å². The van der Waals surface area contributed by atoms with Gasteiger partial charge in [-0.3, -0.25) is 4.90 Å². The Morgan fingerprint density at radius 3 is 2.00 bits per heavy atom. The van der Waals surface area contributed by atoms with E-state index in [0.29, 0.717) is 18.0 Å². The summed E-state index contributed by atoms with van der Waals surface area (Å²) in [5, 5.41) is 0. The third-order valence-electron chi connectivity index (χ3n) is 3.53. The molecule has 0 aromatic heterocycles. The predicted molar refractivity (Wildman–Crippen MR) is 72.7 cm³/mol. The summed E-state index contributed by atoms with van der Waals surface area (Å²) >= 11 is 0. The lowest BCUT2D eigenvalue weighted by atomic mass is 9.96. The predicted octanol–water partition coefficient (Wildman–Crippen LogP) is 1.63. The quantitative estimate of drug-likeness (QED) is 0.687. The average Bonchev–Trinajstić information content (AvgIpc) is 2.23. The van der Waals surface area contributed by atoms with Crippen LogP contribution in [0.4, 0.5) is 0 Å². The van der Waals surface area contributed by atoms with Gasteiger partial charge >= 0.3 is 0 Å².